The van der Waals surface area contributed by atoms with Gasteiger partial charge in [-0.05, 0) is 31.7 Å². The van der Waals surface area contributed by atoms with Crippen molar-refractivity contribution >= 4 is 17.5 Å². The molecule has 1 saturated carbocycles. The van der Waals surface area contributed by atoms with Crippen molar-refractivity contribution in [2.75, 3.05) is 48.5 Å². The molecule has 0 N–H and O–H groups in total. The fourth-order valence-electron chi connectivity index (χ4n) is 4.41. The second-order valence-electron chi connectivity index (χ2n) is 8.46. The molecule has 1 saturated heterocycles. The maximum atomic E-state index is 5.59. The molecule has 0 aromatic carbocycles. The van der Waals surface area contributed by atoms with E-state index in [1.54, 1.807) is 6.33 Å². The van der Waals surface area contributed by atoms with Gasteiger partial charge in [0, 0.05) is 57.3 Å². The Morgan fingerprint density at radius 2 is 1.72 bits per heavy atom. The van der Waals surface area contributed by atoms with Gasteiger partial charge in [0.05, 0.1) is 18.9 Å². The summed E-state index contributed by atoms with van der Waals surface area (Å²) in [5.41, 5.74) is 2.29. The molecule has 8 heteroatoms. The summed E-state index contributed by atoms with van der Waals surface area (Å²) in [6.45, 7) is 3.40. The molecule has 0 spiro atoms. The zero-order valence-corrected chi connectivity index (χ0v) is 17.3. The van der Waals surface area contributed by atoms with Crippen molar-refractivity contribution in [2.24, 2.45) is 0 Å². The fraction of sp³-hybridized carbons (Fsp3) is 0.619. The topological polar surface area (TPSA) is 70.5 Å². The smallest absolute Gasteiger partial charge is 0.151 e. The number of nitrogens with zero attached hydrogens (tertiary/aromatic N) is 7. The summed E-state index contributed by atoms with van der Waals surface area (Å²) in [4.78, 5) is 16.0. The van der Waals surface area contributed by atoms with E-state index in [0.717, 1.165) is 62.1 Å². The molecule has 0 amide bonds. The number of fused-ring (bicyclic) bond motifs is 1. The van der Waals surface area contributed by atoms with Gasteiger partial charge in [0.2, 0.25) is 0 Å². The summed E-state index contributed by atoms with van der Waals surface area (Å²) < 4.78 is 5.59. The Balaban J connectivity index is 1.29. The molecule has 2 aliphatic heterocycles. The molecular weight excluding hydrogens is 366 g/mol. The van der Waals surface area contributed by atoms with E-state index in [4.69, 9.17) is 4.74 Å². The summed E-state index contributed by atoms with van der Waals surface area (Å²) >= 11 is 0. The van der Waals surface area contributed by atoms with Crippen LogP contribution < -0.4 is 14.7 Å². The van der Waals surface area contributed by atoms with E-state index in [0.29, 0.717) is 18.7 Å². The van der Waals surface area contributed by atoms with Crippen LogP contribution in [0.3, 0.4) is 0 Å². The van der Waals surface area contributed by atoms with E-state index >= 15 is 0 Å². The van der Waals surface area contributed by atoms with Crippen LogP contribution in [0, 0.1) is 0 Å². The molecule has 2 fully saturated rings. The number of ether oxygens (including phenoxy) is 1. The van der Waals surface area contributed by atoms with Crippen LogP contribution in [0.25, 0.3) is 0 Å². The zero-order chi connectivity index (χ0) is 19.8. The summed E-state index contributed by atoms with van der Waals surface area (Å²) in [6, 6.07) is 5.43. The van der Waals surface area contributed by atoms with E-state index in [1.807, 2.05) is 19.0 Å². The monoisotopic (exact) mass is 395 g/mol. The second kappa shape index (κ2) is 7.74. The molecule has 5 rings (SSSR count). The van der Waals surface area contributed by atoms with E-state index < -0.39 is 0 Å². The quantitative estimate of drug-likeness (QED) is 0.762. The van der Waals surface area contributed by atoms with Gasteiger partial charge < -0.3 is 19.4 Å². The molecule has 3 aliphatic rings. The predicted molar refractivity (Wildman–Crippen MR) is 112 cm³/mol. The number of hydrogen-bond acceptors (Lipinski definition) is 8. The number of piperidine rings is 1. The third kappa shape index (κ3) is 3.85. The first-order chi connectivity index (χ1) is 14.2. The molecule has 2 aromatic heterocycles. The number of anilines is 3. The molecule has 154 valence electrons. The van der Waals surface area contributed by atoms with Gasteiger partial charge in [-0.15, -0.1) is 5.10 Å². The molecule has 2 aromatic rings. The minimum atomic E-state index is 0.512. The van der Waals surface area contributed by atoms with Crippen LogP contribution in [-0.2, 0) is 17.8 Å². The molecule has 0 bridgehead atoms. The molecular formula is C21H29N7O. The maximum absolute atomic E-state index is 5.59. The van der Waals surface area contributed by atoms with Gasteiger partial charge in [0.25, 0.3) is 0 Å². The van der Waals surface area contributed by atoms with Crippen LogP contribution in [0.1, 0.15) is 36.9 Å². The predicted octanol–water partition coefficient (Wildman–Crippen LogP) is 2.04. The van der Waals surface area contributed by atoms with Crippen LogP contribution in [0.15, 0.2) is 18.5 Å². The van der Waals surface area contributed by atoms with Crippen molar-refractivity contribution in [3.05, 3.63) is 29.7 Å². The van der Waals surface area contributed by atoms with Gasteiger partial charge in [0.1, 0.15) is 18.0 Å². The van der Waals surface area contributed by atoms with Crippen LogP contribution in [0.2, 0.25) is 0 Å². The Morgan fingerprint density at radius 1 is 0.966 bits per heavy atom. The van der Waals surface area contributed by atoms with Crippen molar-refractivity contribution in [2.45, 2.75) is 50.8 Å². The number of aromatic nitrogens is 4. The molecule has 8 nitrogen and oxygen atoms in total. The van der Waals surface area contributed by atoms with Gasteiger partial charge in [-0.25, -0.2) is 9.97 Å². The lowest BCUT2D eigenvalue weighted by Gasteiger charge is -2.40. The van der Waals surface area contributed by atoms with E-state index in [9.17, 15) is 0 Å². The summed E-state index contributed by atoms with van der Waals surface area (Å²) in [7, 11) is 4.05. The average molecular weight is 396 g/mol. The summed E-state index contributed by atoms with van der Waals surface area (Å²) in [6.07, 6.45) is 7.30. The standard InChI is InChI=1S/C21H29N7O/c1-26(2)19-12-20(23-14-22-19)28(16-3-4-16)17-5-8-27(9-6-17)21-11-15-13-29-10-7-18(15)24-25-21/h11-12,14,16-17H,3-10,13H2,1-2H3. The molecule has 0 atom stereocenters. The Kier molecular flexibility index (Phi) is 4.95. The Morgan fingerprint density at radius 3 is 2.48 bits per heavy atom. The highest BCUT2D eigenvalue weighted by Gasteiger charge is 2.37. The van der Waals surface area contributed by atoms with Crippen LogP contribution in [0.4, 0.5) is 17.5 Å². The minimum Gasteiger partial charge on any atom is -0.376 e. The Hall–Kier alpha value is -2.48. The summed E-state index contributed by atoms with van der Waals surface area (Å²) in [5.74, 6) is 3.02. The van der Waals surface area contributed by atoms with Gasteiger partial charge in [-0.1, -0.05) is 0 Å². The minimum absolute atomic E-state index is 0.512. The van der Waals surface area contributed by atoms with E-state index in [-0.39, 0.29) is 0 Å². The first-order valence-electron chi connectivity index (χ1n) is 10.6. The largest absolute Gasteiger partial charge is 0.376 e. The van der Waals surface area contributed by atoms with Crippen LogP contribution in [-0.4, -0.2) is 66.0 Å². The Bertz CT molecular complexity index is 862. The third-order valence-electron chi connectivity index (χ3n) is 6.17. The van der Waals surface area contributed by atoms with Crippen LogP contribution in [0.5, 0.6) is 0 Å². The summed E-state index contributed by atoms with van der Waals surface area (Å²) in [5, 5.41) is 8.96. The van der Waals surface area contributed by atoms with E-state index in [1.165, 1.54) is 18.4 Å². The SMILES string of the molecule is CN(C)c1cc(N(C2CC2)C2CCN(c3cc4c(nn3)CCOC4)CC2)ncn1. The normalized spacial score (nSPS) is 19.7. The van der Waals surface area contributed by atoms with Crippen molar-refractivity contribution in [1.29, 1.82) is 0 Å². The fourth-order valence-corrected chi connectivity index (χ4v) is 4.41. The van der Waals surface area contributed by atoms with Gasteiger partial charge in [-0.3, -0.25) is 0 Å². The number of hydrogen-bond donors (Lipinski definition) is 0. The molecule has 0 unspecified atom stereocenters. The lowest BCUT2D eigenvalue weighted by Crippen LogP contribution is -2.46. The molecule has 1 aliphatic carbocycles. The lowest BCUT2D eigenvalue weighted by atomic mass is 10.0. The van der Waals surface area contributed by atoms with E-state index in [2.05, 4.69) is 42.1 Å². The number of rotatable bonds is 5. The van der Waals surface area contributed by atoms with Crippen molar-refractivity contribution < 1.29 is 4.74 Å². The molecule has 29 heavy (non-hydrogen) atoms. The van der Waals surface area contributed by atoms with Gasteiger partial charge >= 0.3 is 0 Å². The first kappa shape index (κ1) is 18.5. The van der Waals surface area contributed by atoms with Crippen molar-refractivity contribution in [3.63, 3.8) is 0 Å². The zero-order valence-electron chi connectivity index (χ0n) is 17.3. The Labute approximate surface area is 171 Å². The van der Waals surface area contributed by atoms with Crippen LogP contribution >= 0.6 is 0 Å². The lowest BCUT2D eigenvalue weighted by molar-refractivity contribution is 0.109. The maximum Gasteiger partial charge on any atom is 0.151 e. The van der Waals surface area contributed by atoms with Gasteiger partial charge in [0.15, 0.2) is 5.82 Å². The second-order valence-corrected chi connectivity index (χ2v) is 8.46. The van der Waals surface area contributed by atoms with Crippen molar-refractivity contribution in [3.8, 4) is 0 Å². The third-order valence-corrected chi connectivity index (χ3v) is 6.17. The molecule has 4 heterocycles. The highest BCUT2D eigenvalue weighted by Crippen LogP contribution is 2.36. The molecule has 0 radical (unpaired) electrons. The van der Waals surface area contributed by atoms with Gasteiger partial charge in [-0.2, -0.15) is 5.10 Å². The highest BCUT2D eigenvalue weighted by atomic mass is 16.5. The average Bonchev–Trinajstić information content (AvgIpc) is 3.59. The first-order valence-corrected chi connectivity index (χ1v) is 10.6. The highest BCUT2D eigenvalue weighted by molar-refractivity contribution is 5.52. The van der Waals surface area contributed by atoms with Crippen molar-refractivity contribution in [1.82, 2.24) is 20.2 Å².